The van der Waals surface area contributed by atoms with Gasteiger partial charge in [0.1, 0.15) is 0 Å². The van der Waals surface area contributed by atoms with Gasteiger partial charge in [-0.05, 0) is 48.4 Å². The molecule has 0 amide bonds. The van der Waals surface area contributed by atoms with Crippen LogP contribution in [-0.4, -0.2) is 11.5 Å². The quantitative estimate of drug-likeness (QED) is 0.471. The molecule has 0 saturated heterocycles. The number of benzene rings is 2. The lowest BCUT2D eigenvalue weighted by molar-refractivity contribution is 0.101. The Morgan fingerprint density at radius 3 is 1.83 bits per heavy atom. The number of para-hydroxylation sites is 1. The van der Waals surface area contributed by atoms with Gasteiger partial charge in [0.2, 0.25) is 0 Å². The van der Waals surface area contributed by atoms with Crippen molar-refractivity contribution < 1.29 is 4.79 Å². The number of rotatable bonds is 5. The maximum atomic E-state index is 11.6. The molecule has 0 atom stereocenters. The second kappa shape index (κ2) is 7.57. The maximum absolute atomic E-state index is 11.6. The molecule has 2 heteroatoms. The Balaban J connectivity index is 2.57. The fourth-order valence-corrected chi connectivity index (χ4v) is 2.84. The van der Waals surface area contributed by atoms with Gasteiger partial charge in [0.25, 0.3) is 0 Å². The summed E-state index contributed by atoms with van der Waals surface area (Å²) in [4.78, 5) is 16.6. The number of carbonyl (C=O) groups is 1. The van der Waals surface area contributed by atoms with E-state index in [1.165, 1.54) is 11.1 Å². The van der Waals surface area contributed by atoms with E-state index >= 15 is 0 Å². The van der Waals surface area contributed by atoms with Gasteiger partial charge in [-0.3, -0.25) is 9.79 Å². The fourth-order valence-electron chi connectivity index (χ4n) is 2.84. The predicted molar refractivity (Wildman–Crippen MR) is 103 cm³/mol. The molecule has 0 heterocycles. The minimum atomic E-state index is 0.0788. The maximum Gasteiger partial charge on any atom is 0.159 e. The highest BCUT2D eigenvalue weighted by atomic mass is 16.1. The fraction of sp³-hybridized carbons (Fsp3) is 0.364. The number of nitrogens with zero attached hydrogens (tertiary/aromatic N) is 1. The molecule has 0 aromatic heterocycles. The highest BCUT2D eigenvalue weighted by molar-refractivity contribution is 6.03. The van der Waals surface area contributed by atoms with Gasteiger partial charge in [-0.2, -0.15) is 0 Å². The van der Waals surface area contributed by atoms with E-state index in [0.29, 0.717) is 11.8 Å². The van der Waals surface area contributed by atoms with Crippen LogP contribution in [0, 0.1) is 0 Å². The van der Waals surface area contributed by atoms with Gasteiger partial charge < -0.3 is 0 Å². The summed E-state index contributed by atoms with van der Waals surface area (Å²) in [6, 6.07) is 14.1. The summed E-state index contributed by atoms with van der Waals surface area (Å²) < 4.78 is 0. The van der Waals surface area contributed by atoms with Crippen LogP contribution in [0.1, 0.15) is 80.4 Å². The molecule has 24 heavy (non-hydrogen) atoms. The molecule has 2 aromatic rings. The van der Waals surface area contributed by atoms with Gasteiger partial charge in [-0.15, -0.1) is 0 Å². The van der Waals surface area contributed by atoms with Crippen LogP contribution < -0.4 is 0 Å². The number of ketones is 1. The zero-order valence-electron chi connectivity index (χ0n) is 15.6. The average molecular weight is 321 g/mol. The molecule has 126 valence electrons. The molecule has 0 saturated carbocycles. The minimum Gasteiger partial charge on any atom is -0.295 e. The summed E-state index contributed by atoms with van der Waals surface area (Å²) in [6.07, 6.45) is 0. The zero-order chi connectivity index (χ0) is 17.9. The lowest BCUT2D eigenvalue weighted by Crippen LogP contribution is -2.01. The minimum absolute atomic E-state index is 0.0788. The Morgan fingerprint density at radius 2 is 1.33 bits per heavy atom. The van der Waals surface area contributed by atoms with Crippen molar-refractivity contribution in [3.8, 4) is 0 Å². The van der Waals surface area contributed by atoms with E-state index < -0.39 is 0 Å². The van der Waals surface area contributed by atoms with Crippen molar-refractivity contribution in [2.24, 2.45) is 4.99 Å². The van der Waals surface area contributed by atoms with Crippen molar-refractivity contribution >= 4 is 17.2 Å². The van der Waals surface area contributed by atoms with E-state index in [4.69, 9.17) is 4.99 Å². The molecule has 0 aliphatic rings. The Kier molecular flexibility index (Phi) is 5.71. The number of aliphatic imine (C=N–C) groups is 1. The third-order valence-corrected chi connectivity index (χ3v) is 4.31. The summed E-state index contributed by atoms with van der Waals surface area (Å²) in [5.41, 5.74) is 6.27. The van der Waals surface area contributed by atoms with Crippen LogP contribution in [0.15, 0.2) is 47.5 Å². The first-order chi connectivity index (χ1) is 11.3. The second-order valence-electron chi connectivity index (χ2n) is 6.93. The molecule has 2 nitrogen and oxygen atoms in total. The van der Waals surface area contributed by atoms with Crippen LogP contribution in [0.25, 0.3) is 0 Å². The molecular weight excluding hydrogens is 294 g/mol. The van der Waals surface area contributed by atoms with Crippen LogP contribution in [0.5, 0.6) is 0 Å². The monoisotopic (exact) mass is 321 g/mol. The molecule has 0 unspecified atom stereocenters. The van der Waals surface area contributed by atoms with Crippen molar-refractivity contribution in [3.05, 3.63) is 64.7 Å². The molecule has 0 bridgehead atoms. The van der Waals surface area contributed by atoms with Crippen LogP contribution >= 0.6 is 0 Å². The first-order valence-corrected chi connectivity index (χ1v) is 8.60. The Morgan fingerprint density at radius 1 is 0.833 bits per heavy atom. The highest BCUT2D eigenvalue weighted by Gasteiger charge is 2.14. The summed E-state index contributed by atoms with van der Waals surface area (Å²) in [7, 11) is 0. The second-order valence-corrected chi connectivity index (χ2v) is 6.93. The third kappa shape index (κ3) is 4.00. The normalized spacial score (nSPS) is 12.1. The molecular formula is C22H27NO. The molecule has 0 N–H and O–H groups in total. The Bertz CT molecular complexity index is 743. The van der Waals surface area contributed by atoms with E-state index in [0.717, 1.165) is 22.5 Å². The molecule has 0 spiro atoms. The Hall–Kier alpha value is -2.22. The van der Waals surface area contributed by atoms with Gasteiger partial charge in [0.15, 0.2) is 5.78 Å². The topological polar surface area (TPSA) is 29.4 Å². The van der Waals surface area contributed by atoms with Gasteiger partial charge >= 0.3 is 0 Å². The molecule has 2 aromatic carbocycles. The molecule has 0 radical (unpaired) electrons. The SMILES string of the molecule is CC(=O)c1cccc(C(C)=Nc2c(C(C)C)cccc2C(C)C)c1. The van der Waals surface area contributed by atoms with Crippen LogP contribution in [0.4, 0.5) is 5.69 Å². The number of hydrogen-bond donors (Lipinski definition) is 0. The van der Waals surface area contributed by atoms with Crippen molar-refractivity contribution in [1.29, 1.82) is 0 Å². The van der Waals surface area contributed by atoms with Crippen molar-refractivity contribution in [1.82, 2.24) is 0 Å². The number of Topliss-reactive ketones (excluding diaryl/α,β-unsaturated/α-hetero) is 1. The van der Waals surface area contributed by atoms with Gasteiger partial charge in [-0.25, -0.2) is 0 Å². The smallest absolute Gasteiger partial charge is 0.159 e. The summed E-state index contributed by atoms with van der Waals surface area (Å²) in [6.45, 7) is 12.4. The van der Waals surface area contributed by atoms with E-state index in [1.807, 2.05) is 31.2 Å². The van der Waals surface area contributed by atoms with Crippen LogP contribution in [-0.2, 0) is 0 Å². The summed E-state index contributed by atoms with van der Waals surface area (Å²) >= 11 is 0. The van der Waals surface area contributed by atoms with Crippen molar-refractivity contribution in [2.45, 2.75) is 53.4 Å². The van der Waals surface area contributed by atoms with Gasteiger partial charge in [0.05, 0.1) is 5.69 Å². The summed E-state index contributed by atoms with van der Waals surface area (Å²) in [5.74, 6) is 0.910. The molecule has 0 aliphatic heterocycles. The lowest BCUT2D eigenvalue weighted by atomic mass is 9.92. The molecule has 0 aliphatic carbocycles. The molecule has 2 rings (SSSR count). The average Bonchev–Trinajstić information content (AvgIpc) is 2.54. The molecule has 0 fully saturated rings. The van der Waals surface area contributed by atoms with E-state index in [-0.39, 0.29) is 5.78 Å². The standard InChI is InChI=1S/C22H27NO/c1-14(2)20-11-8-12-21(15(3)4)22(20)23-16(5)18-9-7-10-19(13-18)17(6)24/h7-15H,1-6H3. The first kappa shape index (κ1) is 18.1. The van der Waals surface area contributed by atoms with E-state index in [2.05, 4.69) is 45.9 Å². The van der Waals surface area contributed by atoms with E-state index in [1.54, 1.807) is 6.92 Å². The lowest BCUT2D eigenvalue weighted by Gasteiger charge is -2.17. The number of carbonyl (C=O) groups excluding carboxylic acids is 1. The third-order valence-electron chi connectivity index (χ3n) is 4.31. The highest BCUT2D eigenvalue weighted by Crippen LogP contribution is 2.35. The van der Waals surface area contributed by atoms with Crippen LogP contribution in [0.2, 0.25) is 0 Å². The first-order valence-electron chi connectivity index (χ1n) is 8.60. The summed E-state index contributed by atoms with van der Waals surface area (Å²) in [5, 5.41) is 0. The zero-order valence-corrected chi connectivity index (χ0v) is 15.6. The number of hydrogen-bond acceptors (Lipinski definition) is 2. The largest absolute Gasteiger partial charge is 0.295 e. The van der Waals surface area contributed by atoms with Crippen molar-refractivity contribution in [3.63, 3.8) is 0 Å². The predicted octanol–water partition coefficient (Wildman–Crippen LogP) is 6.28. The van der Waals surface area contributed by atoms with E-state index in [9.17, 15) is 4.79 Å². The Labute approximate surface area is 145 Å². The van der Waals surface area contributed by atoms with Gasteiger partial charge in [0, 0.05) is 11.3 Å². The van der Waals surface area contributed by atoms with Gasteiger partial charge in [-0.1, -0.05) is 64.1 Å². The van der Waals surface area contributed by atoms with Crippen molar-refractivity contribution in [2.75, 3.05) is 0 Å². The van der Waals surface area contributed by atoms with Crippen LogP contribution in [0.3, 0.4) is 0 Å².